The van der Waals surface area contributed by atoms with Crippen LogP contribution in [0.3, 0.4) is 0 Å². The highest BCUT2D eigenvalue weighted by molar-refractivity contribution is 5.77. The van der Waals surface area contributed by atoms with Crippen LogP contribution in [-0.2, 0) is 4.79 Å². The number of amides is 1. The summed E-state index contributed by atoms with van der Waals surface area (Å²) in [5.74, 6) is 2.37. The van der Waals surface area contributed by atoms with Crippen LogP contribution in [0.5, 0.6) is 17.2 Å². The van der Waals surface area contributed by atoms with Gasteiger partial charge in [-0.3, -0.25) is 4.79 Å². The molecule has 1 N–H and O–H groups in total. The second-order valence-electron chi connectivity index (χ2n) is 6.36. The Bertz CT molecular complexity index is 728. The number of carbonyl (C=O) groups is 1. The summed E-state index contributed by atoms with van der Waals surface area (Å²) in [5, 5.41) is 2.79. The summed E-state index contributed by atoms with van der Waals surface area (Å²) < 4.78 is 16.5. The molecular formula is C21H27NO4. The highest BCUT2D eigenvalue weighted by Crippen LogP contribution is 2.27. The zero-order valence-electron chi connectivity index (χ0n) is 15.9. The minimum Gasteiger partial charge on any atom is -0.497 e. The van der Waals surface area contributed by atoms with Gasteiger partial charge in [-0.25, -0.2) is 0 Å². The third-order valence-electron chi connectivity index (χ3n) is 3.88. The van der Waals surface area contributed by atoms with Crippen molar-refractivity contribution in [3.8, 4) is 17.2 Å². The fourth-order valence-electron chi connectivity index (χ4n) is 2.49. The van der Waals surface area contributed by atoms with Gasteiger partial charge in [0, 0.05) is 6.07 Å². The maximum Gasteiger partial charge on any atom is 0.258 e. The second kappa shape index (κ2) is 9.70. The van der Waals surface area contributed by atoms with Gasteiger partial charge in [0.15, 0.2) is 6.61 Å². The number of hydrogen-bond donors (Lipinski definition) is 1. The first-order valence-electron chi connectivity index (χ1n) is 8.76. The smallest absolute Gasteiger partial charge is 0.258 e. The van der Waals surface area contributed by atoms with Gasteiger partial charge >= 0.3 is 0 Å². The Labute approximate surface area is 155 Å². The normalized spacial score (nSPS) is 10.5. The molecule has 5 heteroatoms. The summed E-state index contributed by atoms with van der Waals surface area (Å²) in [6.45, 7) is 6.99. The molecule has 2 aromatic carbocycles. The molecule has 0 saturated heterocycles. The molecule has 0 spiro atoms. The molecule has 0 bridgehead atoms. The lowest BCUT2D eigenvalue weighted by Crippen LogP contribution is -2.32. The van der Waals surface area contributed by atoms with Crippen molar-refractivity contribution in [3.05, 3.63) is 53.6 Å². The van der Waals surface area contributed by atoms with Gasteiger partial charge in [0.2, 0.25) is 0 Å². The largest absolute Gasteiger partial charge is 0.497 e. The Hall–Kier alpha value is -2.69. The summed E-state index contributed by atoms with van der Waals surface area (Å²) in [6, 6.07) is 13.4. The molecule has 0 aliphatic rings. The average Bonchev–Trinajstić information content (AvgIpc) is 2.63. The molecule has 0 fully saturated rings. The first-order chi connectivity index (χ1) is 12.5. The number of carbonyl (C=O) groups excluding carboxylic acids is 1. The van der Waals surface area contributed by atoms with E-state index in [2.05, 4.69) is 31.3 Å². The van der Waals surface area contributed by atoms with E-state index in [0.29, 0.717) is 24.8 Å². The van der Waals surface area contributed by atoms with Crippen LogP contribution in [0.1, 0.15) is 30.9 Å². The number of rotatable bonds is 9. The molecule has 0 radical (unpaired) electrons. The molecule has 0 aliphatic carbocycles. The molecule has 0 aliphatic heterocycles. The lowest BCUT2D eigenvalue weighted by atomic mass is 10.0. The van der Waals surface area contributed by atoms with Gasteiger partial charge in [0.05, 0.1) is 13.7 Å². The third kappa shape index (κ3) is 5.99. The fourth-order valence-corrected chi connectivity index (χ4v) is 2.49. The summed E-state index contributed by atoms with van der Waals surface area (Å²) in [6.07, 6.45) is 0. The second-order valence-corrected chi connectivity index (χ2v) is 6.36. The zero-order chi connectivity index (χ0) is 18.9. The van der Waals surface area contributed by atoms with Crippen molar-refractivity contribution in [1.82, 2.24) is 5.32 Å². The van der Waals surface area contributed by atoms with E-state index in [1.165, 1.54) is 0 Å². The van der Waals surface area contributed by atoms with E-state index in [1.807, 2.05) is 31.2 Å². The molecule has 0 unspecified atom stereocenters. The van der Waals surface area contributed by atoms with E-state index >= 15 is 0 Å². The standard InChI is InChI=1S/C21H27NO4/c1-15(2)19-9-8-16(3)12-20(19)26-14-21(23)22-10-11-25-18-7-5-6-17(13-18)24-4/h5-9,12-13,15H,10-11,14H2,1-4H3,(H,22,23). The quantitative estimate of drug-likeness (QED) is 0.695. The van der Waals surface area contributed by atoms with Crippen molar-refractivity contribution < 1.29 is 19.0 Å². The van der Waals surface area contributed by atoms with Crippen molar-refractivity contribution in [2.75, 3.05) is 26.9 Å². The summed E-state index contributed by atoms with van der Waals surface area (Å²) >= 11 is 0. The Morgan fingerprint density at radius 3 is 2.58 bits per heavy atom. The first kappa shape index (κ1) is 19.6. The Kier molecular flexibility index (Phi) is 7.33. The van der Waals surface area contributed by atoms with Gasteiger partial charge < -0.3 is 19.5 Å². The summed E-state index contributed by atoms with van der Waals surface area (Å²) in [5.41, 5.74) is 2.21. The fraction of sp³-hybridized carbons (Fsp3) is 0.381. The summed E-state index contributed by atoms with van der Waals surface area (Å²) in [7, 11) is 1.61. The zero-order valence-corrected chi connectivity index (χ0v) is 15.9. The molecule has 2 rings (SSSR count). The van der Waals surface area contributed by atoms with E-state index in [1.54, 1.807) is 13.2 Å². The maximum absolute atomic E-state index is 12.0. The lowest BCUT2D eigenvalue weighted by molar-refractivity contribution is -0.123. The van der Waals surface area contributed by atoms with Crippen LogP contribution in [0.25, 0.3) is 0 Å². The predicted molar refractivity (Wildman–Crippen MR) is 102 cm³/mol. The van der Waals surface area contributed by atoms with Crippen molar-refractivity contribution in [3.63, 3.8) is 0 Å². The molecule has 0 aromatic heterocycles. The van der Waals surface area contributed by atoms with Crippen LogP contribution >= 0.6 is 0 Å². The third-order valence-corrected chi connectivity index (χ3v) is 3.88. The Morgan fingerprint density at radius 2 is 1.85 bits per heavy atom. The van der Waals surface area contributed by atoms with Crippen molar-refractivity contribution in [2.24, 2.45) is 0 Å². The number of aryl methyl sites for hydroxylation is 1. The van der Waals surface area contributed by atoms with Gasteiger partial charge in [-0.1, -0.05) is 32.0 Å². The molecule has 26 heavy (non-hydrogen) atoms. The monoisotopic (exact) mass is 357 g/mol. The maximum atomic E-state index is 12.0. The highest BCUT2D eigenvalue weighted by atomic mass is 16.5. The number of benzene rings is 2. The van der Waals surface area contributed by atoms with Crippen LogP contribution in [0.4, 0.5) is 0 Å². The molecule has 1 amide bonds. The Morgan fingerprint density at radius 1 is 1.08 bits per heavy atom. The molecule has 140 valence electrons. The van der Waals surface area contributed by atoms with Crippen LogP contribution in [0.15, 0.2) is 42.5 Å². The van der Waals surface area contributed by atoms with Crippen molar-refractivity contribution in [1.29, 1.82) is 0 Å². The van der Waals surface area contributed by atoms with E-state index in [-0.39, 0.29) is 12.5 Å². The highest BCUT2D eigenvalue weighted by Gasteiger charge is 2.10. The van der Waals surface area contributed by atoms with Gasteiger partial charge in [-0.15, -0.1) is 0 Å². The van der Waals surface area contributed by atoms with Crippen LogP contribution in [0, 0.1) is 6.92 Å². The number of ether oxygens (including phenoxy) is 3. The first-order valence-corrected chi connectivity index (χ1v) is 8.76. The van der Waals surface area contributed by atoms with Gasteiger partial charge in [-0.2, -0.15) is 0 Å². The van der Waals surface area contributed by atoms with Crippen LogP contribution in [-0.4, -0.2) is 32.8 Å². The Balaban J connectivity index is 1.75. The molecule has 5 nitrogen and oxygen atoms in total. The van der Waals surface area contributed by atoms with Gasteiger partial charge in [0.25, 0.3) is 5.91 Å². The molecular weight excluding hydrogens is 330 g/mol. The van der Waals surface area contributed by atoms with E-state index in [4.69, 9.17) is 14.2 Å². The minimum absolute atomic E-state index is 0.0116. The lowest BCUT2D eigenvalue weighted by Gasteiger charge is -2.15. The van der Waals surface area contributed by atoms with Crippen LogP contribution < -0.4 is 19.5 Å². The minimum atomic E-state index is -0.171. The predicted octanol–water partition coefficient (Wildman–Crippen LogP) is 3.70. The van der Waals surface area contributed by atoms with E-state index in [0.717, 1.165) is 22.6 Å². The van der Waals surface area contributed by atoms with Crippen molar-refractivity contribution >= 4 is 5.91 Å². The molecule has 0 saturated carbocycles. The van der Waals surface area contributed by atoms with Crippen LogP contribution in [0.2, 0.25) is 0 Å². The SMILES string of the molecule is COc1cccc(OCCNC(=O)COc2cc(C)ccc2C(C)C)c1. The molecule has 0 atom stereocenters. The van der Waals surface area contributed by atoms with E-state index in [9.17, 15) is 4.79 Å². The number of hydrogen-bond acceptors (Lipinski definition) is 4. The average molecular weight is 357 g/mol. The number of nitrogens with one attached hydrogen (secondary N) is 1. The van der Waals surface area contributed by atoms with Gasteiger partial charge in [0.1, 0.15) is 23.9 Å². The van der Waals surface area contributed by atoms with Gasteiger partial charge in [-0.05, 0) is 42.2 Å². The van der Waals surface area contributed by atoms with Crippen molar-refractivity contribution in [2.45, 2.75) is 26.7 Å². The topological polar surface area (TPSA) is 56.8 Å². The summed E-state index contributed by atoms with van der Waals surface area (Å²) in [4.78, 5) is 12.0. The van der Waals surface area contributed by atoms with E-state index < -0.39 is 0 Å². The number of methoxy groups -OCH3 is 1. The molecule has 0 heterocycles. The molecule has 2 aromatic rings.